The molecule has 14 heteroatoms. The second-order valence-electron chi connectivity index (χ2n) is 8.49. The fourth-order valence-corrected chi connectivity index (χ4v) is 4.12. The molecule has 1 aliphatic rings. The summed E-state index contributed by atoms with van der Waals surface area (Å²) >= 11 is 0. The van der Waals surface area contributed by atoms with Gasteiger partial charge >= 0.3 is 6.18 Å². The molecule has 2 aromatic heterocycles. The molecule has 37 heavy (non-hydrogen) atoms. The first-order chi connectivity index (χ1) is 17.3. The molecule has 1 aromatic carbocycles. The zero-order chi connectivity index (χ0) is 27.2. The number of fused-ring (bicyclic) bond motifs is 1. The van der Waals surface area contributed by atoms with E-state index in [0.717, 1.165) is 6.92 Å². The summed E-state index contributed by atoms with van der Waals surface area (Å²) in [4.78, 5) is 31.1. The van der Waals surface area contributed by atoms with Gasteiger partial charge in [0.25, 0.3) is 5.91 Å². The van der Waals surface area contributed by atoms with Gasteiger partial charge in [0.05, 0.1) is 11.5 Å². The number of carbonyl (C=O) groups is 1. The van der Waals surface area contributed by atoms with Gasteiger partial charge in [-0.15, -0.1) is 0 Å². The molecule has 0 spiro atoms. The molecule has 2 N–H and O–H groups in total. The van der Waals surface area contributed by atoms with Gasteiger partial charge in [0.2, 0.25) is 5.43 Å². The second-order valence-corrected chi connectivity index (χ2v) is 8.49. The summed E-state index contributed by atoms with van der Waals surface area (Å²) in [6.07, 6.45) is -5.42. The first kappa shape index (κ1) is 26.4. The van der Waals surface area contributed by atoms with Crippen LogP contribution in [0.5, 0.6) is 0 Å². The average Bonchev–Trinajstić information content (AvgIpc) is 3.23. The van der Waals surface area contributed by atoms with E-state index in [1.165, 1.54) is 4.90 Å². The molecule has 3 heterocycles. The number of benzene rings is 1. The molecule has 1 amide bonds. The number of pyridine rings is 2. The van der Waals surface area contributed by atoms with E-state index in [2.05, 4.69) is 4.98 Å². The van der Waals surface area contributed by atoms with E-state index < -0.39 is 81.6 Å². The van der Waals surface area contributed by atoms with Crippen molar-refractivity contribution < 1.29 is 40.6 Å². The van der Waals surface area contributed by atoms with Gasteiger partial charge in [-0.25, -0.2) is 22.5 Å². The molecule has 4 rings (SSSR count). The summed E-state index contributed by atoms with van der Waals surface area (Å²) in [5, 5.41) is 10.8. The Labute approximate surface area is 204 Å². The van der Waals surface area contributed by atoms with Crippen molar-refractivity contribution in [3.05, 3.63) is 63.5 Å². The van der Waals surface area contributed by atoms with Crippen LogP contribution >= 0.6 is 0 Å². The number of carbonyl (C=O) groups excluding carboxylic acids is 1. The number of aliphatic hydroxyl groups is 1. The van der Waals surface area contributed by atoms with Crippen LogP contribution in [-0.4, -0.2) is 52.0 Å². The van der Waals surface area contributed by atoms with E-state index >= 15 is 0 Å². The Balaban J connectivity index is 1.99. The summed E-state index contributed by atoms with van der Waals surface area (Å²) in [6, 6.07) is -1.10. The smallest absolute Gasteiger partial charge is 0.391 e. The number of aliphatic hydroxyl groups excluding tert-OH is 1. The summed E-state index contributed by atoms with van der Waals surface area (Å²) in [6.45, 7) is 1.27. The summed E-state index contributed by atoms with van der Waals surface area (Å²) in [7, 11) is 0. The molecule has 2 unspecified atom stereocenters. The minimum absolute atomic E-state index is 0.0325. The Morgan fingerprint density at radius 1 is 1.16 bits per heavy atom. The zero-order valence-electron chi connectivity index (χ0n) is 19.0. The predicted octanol–water partition coefficient (Wildman–Crippen LogP) is 3.58. The van der Waals surface area contributed by atoms with Gasteiger partial charge in [0, 0.05) is 31.4 Å². The van der Waals surface area contributed by atoms with Crippen LogP contribution in [-0.2, 0) is 0 Å². The number of β-amino-alcohol motifs (C(OH)–C–C–N with tert-alkyl or cyclic N) is 1. The van der Waals surface area contributed by atoms with E-state index in [1.54, 1.807) is 5.32 Å². The number of alkyl halides is 3. The zero-order valence-corrected chi connectivity index (χ0v) is 19.0. The van der Waals surface area contributed by atoms with Gasteiger partial charge in [-0.3, -0.25) is 14.2 Å². The number of nitrogens with one attached hydrogen (secondary N) is 1. The maximum Gasteiger partial charge on any atom is 0.408 e. The highest BCUT2D eigenvalue weighted by Gasteiger charge is 2.40. The lowest BCUT2D eigenvalue weighted by atomic mass is 10.1. The van der Waals surface area contributed by atoms with Crippen molar-refractivity contribution in [3.8, 4) is 5.69 Å². The van der Waals surface area contributed by atoms with Crippen LogP contribution in [0.25, 0.3) is 16.7 Å². The summed E-state index contributed by atoms with van der Waals surface area (Å²) < 4.78 is 98.2. The highest BCUT2D eigenvalue weighted by Crippen LogP contribution is 2.28. The number of halogens is 7. The Bertz CT molecular complexity index is 1420. The number of aromatic nitrogens is 2. The lowest BCUT2D eigenvalue weighted by Crippen LogP contribution is -2.46. The van der Waals surface area contributed by atoms with Gasteiger partial charge in [0.1, 0.15) is 23.1 Å². The summed E-state index contributed by atoms with van der Waals surface area (Å²) in [5.41, 5.74) is -3.78. The number of nitrogens with zero attached hydrogens (tertiary/aromatic N) is 3. The minimum Gasteiger partial charge on any atom is -0.391 e. The van der Waals surface area contributed by atoms with Crippen molar-refractivity contribution in [1.29, 1.82) is 0 Å². The second kappa shape index (κ2) is 9.65. The van der Waals surface area contributed by atoms with Crippen molar-refractivity contribution in [2.75, 3.05) is 18.0 Å². The van der Waals surface area contributed by atoms with Crippen molar-refractivity contribution in [2.45, 2.75) is 38.1 Å². The minimum atomic E-state index is -4.86. The van der Waals surface area contributed by atoms with E-state index in [4.69, 9.17) is 0 Å². The van der Waals surface area contributed by atoms with Crippen molar-refractivity contribution >= 4 is 22.8 Å². The number of hydrogen-bond acceptors (Lipinski definition) is 5. The first-order valence-electron chi connectivity index (χ1n) is 11.0. The maximum absolute atomic E-state index is 15.0. The van der Waals surface area contributed by atoms with Gasteiger partial charge in [0.15, 0.2) is 28.9 Å². The molecule has 1 aliphatic heterocycles. The van der Waals surface area contributed by atoms with Crippen LogP contribution in [0, 0.1) is 23.3 Å². The van der Waals surface area contributed by atoms with Gasteiger partial charge in [-0.05, 0) is 18.9 Å². The van der Waals surface area contributed by atoms with E-state index in [9.17, 15) is 45.4 Å². The van der Waals surface area contributed by atoms with Gasteiger partial charge < -0.3 is 15.3 Å². The normalized spacial score (nSPS) is 16.9. The van der Waals surface area contributed by atoms with Crippen molar-refractivity contribution in [2.24, 2.45) is 0 Å². The predicted molar refractivity (Wildman–Crippen MR) is 118 cm³/mol. The number of rotatable bonds is 5. The first-order valence-corrected chi connectivity index (χ1v) is 11.0. The van der Waals surface area contributed by atoms with Crippen LogP contribution in [0.3, 0.4) is 0 Å². The molecule has 0 aliphatic carbocycles. The molecule has 198 valence electrons. The SMILES string of the molecule is CCC(NC(=O)c1cn(-c2c(F)cc(F)cc2F)c2nc(N3CCC(O)C3)c(F)cc2c1=O)C(F)(F)F. The topological polar surface area (TPSA) is 87.5 Å². The fraction of sp³-hybridized carbons (Fsp3) is 0.348. The molecule has 3 aromatic rings. The monoisotopic (exact) mass is 532 g/mol. The quantitative estimate of drug-likeness (QED) is 0.491. The Morgan fingerprint density at radius 2 is 1.81 bits per heavy atom. The van der Waals surface area contributed by atoms with Crippen molar-refractivity contribution in [3.63, 3.8) is 0 Å². The third-order valence-corrected chi connectivity index (χ3v) is 5.95. The lowest BCUT2D eigenvalue weighted by Gasteiger charge is -2.21. The molecule has 0 radical (unpaired) electrons. The lowest BCUT2D eigenvalue weighted by molar-refractivity contribution is -0.153. The third-order valence-electron chi connectivity index (χ3n) is 5.95. The number of amides is 1. The van der Waals surface area contributed by atoms with Crippen LogP contribution in [0.15, 0.2) is 29.2 Å². The fourth-order valence-electron chi connectivity index (χ4n) is 4.12. The molecular weight excluding hydrogens is 513 g/mol. The molecule has 7 nitrogen and oxygen atoms in total. The third kappa shape index (κ3) is 4.97. The molecule has 0 bridgehead atoms. The molecule has 0 saturated carbocycles. The summed E-state index contributed by atoms with van der Waals surface area (Å²) in [5.74, 6) is -7.24. The maximum atomic E-state index is 15.0. The molecule has 1 saturated heterocycles. The Morgan fingerprint density at radius 3 is 2.35 bits per heavy atom. The molecule has 2 atom stereocenters. The largest absolute Gasteiger partial charge is 0.408 e. The van der Waals surface area contributed by atoms with Crippen LogP contribution in [0.2, 0.25) is 0 Å². The highest BCUT2D eigenvalue weighted by atomic mass is 19.4. The van der Waals surface area contributed by atoms with Crippen molar-refractivity contribution in [1.82, 2.24) is 14.9 Å². The average molecular weight is 532 g/mol. The van der Waals surface area contributed by atoms with Crippen LogP contribution in [0.1, 0.15) is 30.1 Å². The van der Waals surface area contributed by atoms with Gasteiger partial charge in [-0.1, -0.05) is 6.92 Å². The van der Waals surface area contributed by atoms with Crippen LogP contribution in [0.4, 0.5) is 36.6 Å². The molecule has 1 fully saturated rings. The Kier molecular flexibility index (Phi) is 6.88. The van der Waals surface area contributed by atoms with Gasteiger partial charge in [-0.2, -0.15) is 13.2 Å². The highest BCUT2D eigenvalue weighted by molar-refractivity contribution is 5.97. The van der Waals surface area contributed by atoms with Crippen LogP contribution < -0.4 is 15.6 Å². The standard InChI is InChI=1S/C23H19F7N4O3/c1-2-17(23(28,29)30)31-22(37)13-9-34(18-14(25)5-10(24)6-15(18)26)20-12(19(13)36)7-16(27)21(32-20)33-4-3-11(35)8-33/h5-7,9,11,17,35H,2-4,8H2,1H3,(H,31,37). The van der Waals surface area contributed by atoms with E-state index in [1.807, 2.05) is 0 Å². The Hall–Kier alpha value is -3.68. The van der Waals surface area contributed by atoms with E-state index in [0.29, 0.717) is 29.0 Å². The molecular formula is C23H19F7N4O3. The number of hydrogen-bond donors (Lipinski definition) is 2. The number of anilines is 1. The van der Waals surface area contributed by atoms with E-state index in [-0.39, 0.29) is 25.3 Å².